The molecule has 2 atom stereocenters. The monoisotopic (exact) mass is 473 g/mol. The number of ether oxygens (including phenoxy) is 2. The van der Waals surface area contributed by atoms with Gasteiger partial charge in [0.1, 0.15) is 0 Å². The highest BCUT2D eigenvalue weighted by atomic mass is 19.4. The van der Waals surface area contributed by atoms with Crippen molar-refractivity contribution in [2.75, 3.05) is 7.11 Å². The SMILES string of the molecule is CO[C@@](C(=O)O[C@@H](C)CC/C=C/C/C=C/C=C/Cc1cccnc1)(c1ccccc1)C(F)(F)F. The van der Waals surface area contributed by atoms with Crippen molar-refractivity contribution in [3.8, 4) is 0 Å². The average molecular weight is 474 g/mol. The zero-order chi connectivity index (χ0) is 24.9. The molecule has 182 valence electrons. The van der Waals surface area contributed by atoms with Crippen LogP contribution in [0, 0.1) is 0 Å². The Labute approximate surface area is 198 Å². The summed E-state index contributed by atoms with van der Waals surface area (Å²) >= 11 is 0. The van der Waals surface area contributed by atoms with Gasteiger partial charge in [0.25, 0.3) is 5.60 Å². The molecule has 2 rings (SSSR count). The van der Waals surface area contributed by atoms with Crippen LogP contribution in [-0.4, -0.2) is 30.3 Å². The Morgan fingerprint density at radius 1 is 1.03 bits per heavy atom. The number of carbonyl (C=O) groups excluding carboxylic acids is 1. The van der Waals surface area contributed by atoms with E-state index >= 15 is 0 Å². The number of allylic oxidation sites excluding steroid dienone is 6. The molecule has 0 saturated carbocycles. The van der Waals surface area contributed by atoms with Gasteiger partial charge in [-0.25, -0.2) is 4.79 Å². The highest BCUT2D eigenvalue weighted by Gasteiger charge is 2.64. The molecular formula is C27H30F3NO3. The van der Waals surface area contributed by atoms with Crippen LogP contribution in [0.3, 0.4) is 0 Å². The number of pyridine rings is 1. The lowest BCUT2D eigenvalue weighted by Gasteiger charge is -2.33. The number of aromatic nitrogens is 1. The average Bonchev–Trinajstić information content (AvgIpc) is 2.81. The summed E-state index contributed by atoms with van der Waals surface area (Å²) in [7, 11) is 0.858. The topological polar surface area (TPSA) is 48.4 Å². The zero-order valence-corrected chi connectivity index (χ0v) is 19.4. The Bertz CT molecular complexity index is 956. The van der Waals surface area contributed by atoms with Crippen LogP contribution in [0.4, 0.5) is 13.2 Å². The molecule has 0 N–H and O–H groups in total. The predicted octanol–water partition coefficient (Wildman–Crippen LogP) is 6.50. The third kappa shape index (κ3) is 7.70. The molecule has 0 bridgehead atoms. The first-order valence-corrected chi connectivity index (χ1v) is 11.0. The van der Waals surface area contributed by atoms with E-state index < -0.39 is 23.9 Å². The first-order chi connectivity index (χ1) is 16.3. The molecule has 0 aliphatic rings. The predicted molar refractivity (Wildman–Crippen MR) is 126 cm³/mol. The molecule has 1 aromatic carbocycles. The van der Waals surface area contributed by atoms with Gasteiger partial charge >= 0.3 is 12.1 Å². The van der Waals surface area contributed by atoms with Gasteiger partial charge in [0.05, 0.1) is 6.10 Å². The van der Waals surface area contributed by atoms with Crippen LogP contribution in [0.15, 0.2) is 91.3 Å². The summed E-state index contributed by atoms with van der Waals surface area (Å²) in [4.78, 5) is 16.7. The minimum absolute atomic E-state index is 0.316. The van der Waals surface area contributed by atoms with E-state index in [2.05, 4.69) is 4.98 Å². The van der Waals surface area contributed by atoms with Gasteiger partial charge in [0, 0.05) is 25.1 Å². The van der Waals surface area contributed by atoms with E-state index in [1.807, 2.05) is 54.8 Å². The number of benzene rings is 1. The summed E-state index contributed by atoms with van der Waals surface area (Å²) in [5.74, 6) is -1.47. The van der Waals surface area contributed by atoms with Crippen LogP contribution in [0.1, 0.15) is 37.3 Å². The molecule has 7 heteroatoms. The van der Waals surface area contributed by atoms with Gasteiger partial charge in [0.15, 0.2) is 0 Å². The lowest BCUT2D eigenvalue weighted by atomic mass is 9.92. The van der Waals surface area contributed by atoms with E-state index in [0.29, 0.717) is 12.8 Å². The summed E-state index contributed by atoms with van der Waals surface area (Å²) in [5.41, 5.74) is -2.33. The Morgan fingerprint density at radius 3 is 2.41 bits per heavy atom. The number of nitrogens with zero attached hydrogens (tertiary/aromatic N) is 1. The van der Waals surface area contributed by atoms with Gasteiger partial charge in [-0.1, -0.05) is 72.9 Å². The first kappa shape index (κ1) is 27.1. The van der Waals surface area contributed by atoms with Gasteiger partial charge in [-0.3, -0.25) is 4.98 Å². The number of esters is 1. The van der Waals surface area contributed by atoms with Gasteiger partial charge in [-0.15, -0.1) is 0 Å². The summed E-state index contributed by atoms with van der Waals surface area (Å²) in [6, 6.07) is 10.7. The van der Waals surface area contributed by atoms with Crippen LogP contribution >= 0.6 is 0 Å². The summed E-state index contributed by atoms with van der Waals surface area (Å²) in [6.07, 6.45) is 12.2. The molecule has 0 spiro atoms. The van der Waals surface area contributed by atoms with E-state index in [0.717, 1.165) is 25.5 Å². The van der Waals surface area contributed by atoms with Crippen molar-refractivity contribution in [2.45, 2.75) is 50.5 Å². The molecular weight excluding hydrogens is 443 g/mol. The highest BCUT2D eigenvalue weighted by molar-refractivity contribution is 5.82. The third-order valence-electron chi connectivity index (χ3n) is 5.12. The number of alkyl halides is 3. The first-order valence-electron chi connectivity index (χ1n) is 11.0. The van der Waals surface area contributed by atoms with Crippen LogP contribution in [-0.2, 0) is 26.3 Å². The molecule has 0 saturated heterocycles. The maximum atomic E-state index is 13.9. The Morgan fingerprint density at radius 2 is 1.76 bits per heavy atom. The molecule has 0 fully saturated rings. The van der Waals surface area contributed by atoms with Crippen molar-refractivity contribution in [3.63, 3.8) is 0 Å². The number of methoxy groups -OCH3 is 1. The van der Waals surface area contributed by atoms with Gasteiger partial charge in [-0.05, 0) is 44.2 Å². The normalized spacial score (nSPS) is 15.1. The Balaban J connectivity index is 1.79. The molecule has 0 aliphatic carbocycles. The van der Waals surface area contributed by atoms with Crippen molar-refractivity contribution < 1.29 is 27.4 Å². The molecule has 1 heterocycles. The minimum atomic E-state index is -4.97. The number of carbonyl (C=O) groups is 1. The molecule has 0 aliphatic heterocycles. The minimum Gasteiger partial charge on any atom is -0.460 e. The summed E-state index contributed by atoms with van der Waals surface area (Å²) in [6.45, 7) is 1.57. The number of hydrogen-bond acceptors (Lipinski definition) is 4. The number of hydrogen-bond donors (Lipinski definition) is 0. The van der Waals surface area contributed by atoms with Gasteiger partial charge in [0.2, 0.25) is 0 Å². The van der Waals surface area contributed by atoms with Crippen molar-refractivity contribution in [3.05, 3.63) is 102 Å². The van der Waals surface area contributed by atoms with Crippen LogP contribution < -0.4 is 0 Å². The van der Waals surface area contributed by atoms with E-state index in [4.69, 9.17) is 9.47 Å². The fourth-order valence-electron chi connectivity index (χ4n) is 3.29. The maximum Gasteiger partial charge on any atom is 0.432 e. The second-order valence-corrected chi connectivity index (χ2v) is 7.67. The fourth-order valence-corrected chi connectivity index (χ4v) is 3.29. The van der Waals surface area contributed by atoms with E-state index in [1.165, 1.54) is 24.3 Å². The Hall–Kier alpha value is -3.19. The highest BCUT2D eigenvalue weighted by Crippen LogP contribution is 2.43. The Kier molecular flexibility index (Phi) is 10.7. The quantitative estimate of drug-likeness (QED) is 0.201. The molecule has 0 unspecified atom stereocenters. The molecule has 34 heavy (non-hydrogen) atoms. The van der Waals surface area contributed by atoms with Crippen LogP contribution in [0.5, 0.6) is 0 Å². The second kappa shape index (κ2) is 13.5. The lowest BCUT2D eigenvalue weighted by molar-refractivity contribution is -0.278. The van der Waals surface area contributed by atoms with Gasteiger partial charge in [-0.2, -0.15) is 13.2 Å². The fraction of sp³-hybridized carbons (Fsp3) is 0.333. The summed E-state index contributed by atoms with van der Waals surface area (Å²) < 4.78 is 51.6. The lowest BCUT2D eigenvalue weighted by Crippen LogP contribution is -2.52. The summed E-state index contributed by atoms with van der Waals surface area (Å²) in [5, 5.41) is 0. The van der Waals surface area contributed by atoms with E-state index in [-0.39, 0.29) is 5.56 Å². The number of halogens is 3. The van der Waals surface area contributed by atoms with Crippen molar-refractivity contribution in [1.29, 1.82) is 0 Å². The van der Waals surface area contributed by atoms with Crippen molar-refractivity contribution in [1.82, 2.24) is 4.98 Å². The van der Waals surface area contributed by atoms with Crippen LogP contribution in [0.25, 0.3) is 0 Å². The zero-order valence-electron chi connectivity index (χ0n) is 19.4. The molecule has 1 aromatic heterocycles. The van der Waals surface area contributed by atoms with Crippen LogP contribution in [0.2, 0.25) is 0 Å². The van der Waals surface area contributed by atoms with Crippen molar-refractivity contribution >= 4 is 5.97 Å². The second-order valence-electron chi connectivity index (χ2n) is 7.67. The van der Waals surface area contributed by atoms with Gasteiger partial charge < -0.3 is 9.47 Å². The third-order valence-corrected chi connectivity index (χ3v) is 5.12. The van der Waals surface area contributed by atoms with Crippen molar-refractivity contribution in [2.24, 2.45) is 0 Å². The smallest absolute Gasteiger partial charge is 0.432 e. The molecule has 0 amide bonds. The molecule has 2 aromatic rings. The molecule has 4 nitrogen and oxygen atoms in total. The maximum absolute atomic E-state index is 13.9. The molecule has 0 radical (unpaired) electrons. The largest absolute Gasteiger partial charge is 0.460 e. The van der Waals surface area contributed by atoms with E-state index in [9.17, 15) is 18.0 Å². The number of rotatable bonds is 12. The van der Waals surface area contributed by atoms with E-state index in [1.54, 1.807) is 19.2 Å². The standard InChI is InChI=1S/C27H30F3NO3/c1-22(15-10-7-5-3-4-6-8-11-16-23-17-14-20-31-21-23)34-25(32)26(33-2,27(28,29)30)24-18-12-9-13-19-24/h4-9,11-14,17-22H,3,10,15-16H2,1-2H3/b6-4+,7-5+,11-8+/t22-,26+/m0/s1.